The molecule has 1 rings (SSSR count). The second-order valence-electron chi connectivity index (χ2n) is 2.46. The quantitative estimate of drug-likeness (QED) is 0.653. The van der Waals surface area contributed by atoms with Gasteiger partial charge in [0.05, 0.1) is 6.61 Å². The number of nitrogens with zero attached hydrogens (tertiary/aromatic N) is 1. The van der Waals surface area contributed by atoms with Gasteiger partial charge in [-0.1, -0.05) is 0 Å². The van der Waals surface area contributed by atoms with Gasteiger partial charge in [0.25, 0.3) is 0 Å². The van der Waals surface area contributed by atoms with Gasteiger partial charge in [0.2, 0.25) is 0 Å². The fraction of sp³-hybridized carbons (Fsp3) is 1.00. The van der Waals surface area contributed by atoms with Gasteiger partial charge >= 0.3 is 0 Å². The second kappa shape index (κ2) is 4.78. The molecule has 3 heteroatoms. The summed E-state index contributed by atoms with van der Waals surface area (Å²) in [5.74, 6) is 0. The molecule has 0 bridgehead atoms. The Hall–Kier alpha value is 1.02. The largest absolute Gasteiger partial charge is 0.395 e. The molecule has 1 unspecified atom stereocenters. The maximum atomic E-state index is 8.69. The average Bonchev–Trinajstić information content (AvgIpc) is 2.14. The van der Waals surface area contributed by atoms with Crippen LogP contribution in [-0.4, -0.2) is 36.2 Å². The number of aliphatic hydroxyl groups is 1. The molecule has 0 saturated carbocycles. The van der Waals surface area contributed by atoms with Gasteiger partial charge in [-0.15, -0.1) is 0 Å². The molecule has 1 saturated heterocycles. The van der Waals surface area contributed by atoms with E-state index >= 15 is 0 Å². The van der Waals surface area contributed by atoms with E-state index in [9.17, 15) is 0 Å². The van der Waals surface area contributed by atoms with E-state index in [-0.39, 0.29) is 32.7 Å². The smallest absolute Gasteiger partial charge is 0.0586 e. The first kappa shape index (κ1) is 10.0. The zero-order valence-corrected chi connectivity index (χ0v) is 8.72. The Bertz CT molecular complexity index is 79.5. The molecule has 1 heterocycles. The molecule has 1 N–H and O–H groups in total. The molecule has 1 atom stereocenters. The summed E-state index contributed by atoms with van der Waals surface area (Å²) in [6.45, 7) is 1.49. The summed E-state index contributed by atoms with van der Waals surface area (Å²) in [4.78, 5) is 2.21. The minimum absolute atomic E-state index is 0. The molecular weight excluding hydrogens is 191 g/mol. The van der Waals surface area contributed by atoms with Crippen LogP contribution in [-0.2, 0) is 32.7 Å². The summed E-state index contributed by atoms with van der Waals surface area (Å²) in [6.07, 6.45) is 2.43. The van der Waals surface area contributed by atoms with E-state index in [0.717, 1.165) is 6.54 Å². The summed E-state index contributed by atoms with van der Waals surface area (Å²) >= 11 is 0. The van der Waals surface area contributed by atoms with Crippen LogP contribution in [0.25, 0.3) is 0 Å². The fourth-order valence-corrected chi connectivity index (χ4v) is 1.21. The molecule has 0 aliphatic carbocycles. The Morgan fingerprint density at radius 3 is 2.56 bits per heavy atom. The van der Waals surface area contributed by atoms with Crippen LogP contribution in [0.3, 0.4) is 0 Å². The van der Waals surface area contributed by atoms with Gasteiger partial charge in [-0.2, -0.15) is 0 Å². The Balaban J connectivity index is 0.000000640. The summed E-state index contributed by atoms with van der Waals surface area (Å²) in [5, 5.41) is 8.69. The van der Waals surface area contributed by atoms with Crippen LogP contribution in [0.1, 0.15) is 12.8 Å². The number of aliphatic hydroxyl groups excluding tert-OH is 1. The van der Waals surface area contributed by atoms with Crippen LogP contribution in [0.4, 0.5) is 0 Å². The monoisotopic (exact) mass is 204 g/mol. The molecule has 0 amide bonds. The van der Waals surface area contributed by atoms with Crippen molar-refractivity contribution in [1.82, 2.24) is 4.90 Å². The molecule has 2 nitrogen and oxygen atoms in total. The first-order valence-corrected chi connectivity index (χ1v) is 3.15. The molecule has 51 valence electrons. The maximum Gasteiger partial charge on any atom is 0.0586 e. The molecule has 1 aliphatic rings. The number of likely N-dealkylation sites (N-methyl/N-ethyl adjacent to an activating group) is 1. The van der Waals surface area contributed by atoms with E-state index in [4.69, 9.17) is 5.11 Å². The molecule has 0 spiro atoms. The van der Waals surface area contributed by atoms with Crippen molar-refractivity contribution in [3.8, 4) is 0 Å². The number of hydrogen-bond acceptors (Lipinski definition) is 2. The predicted molar refractivity (Wildman–Crippen MR) is 32.7 cm³/mol. The maximum absolute atomic E-state index is 8.69. The molecule has 1 radical (unpaired) electrons. The third-order valence-corrected chi connectivity index (χ3v) is 1.88. The van der Waals surface area contributed by atoms with Gasteiger partial charge in [-0.3, -0.25) is 0 Å². The van der Waals surface area contributed by atoms with Gasteiger partial charge in [-0.05, 0) is 26.4 Å². The SMILES string of the molecule is CN1CCCC1CO.[Y]. The summed E-state index contributed by atoms with van der Waals surface area (Å²) in [7, 11) is 2.06. The molecule has 9 heavy (non-hydrogen) atoms. The molecule has 0 aromatic heterocycles. The summed E-state index contributed by atoms with van der Waals surface area (Å²) < 4.78 is 0. The first-order valence-electron chi connectivity index (χ1n) is 3.15. The summed E-state index contributed by atoms with van der Waals surface area (Å²) in [5.41, 5.74) is 0. The van der Waals surface area contributed by atoms with Gasteiger partial charge in [0.15, 0.2) is 0 Å². The Labute approximate surface area is 81.5 Å². The molecule has 0 aromatic carbocycles. The van der Waals surface area contributed by atoms with Crippen LogP contribution in [0.15, 0.2) is 0 Å². The van der Waals surface area contributed by atoms with Crippen LogP contribution in [0.5, 0.6) is 0 Å². The van der Waals surface area contributed by atoms with Crippen LogP contribution < -0.4 is 0 Å². The third kappa shape index (κ3) is 2.62. The van der Waals surface area contributed by atoms with Crippen molar-refractivity contribution in [3.63, 3.8) is 0 Å². The van der Waals surface area contributed by atoms with Crippen LogP contribution >= 0.6 is 0 Å². The van der Waals surface area contributed by atoms with Crippen molar-refractivity contribution < 1.29 is 37.8 Å². The zero-order chi connectivity index (χ0) is 5.98. The van der Waals surface area contributed by atoms with Gasteiger partial charge in [-0.25, -0.2) is 0 Å². The number of likely N-dealkylation sites (tertiary alicyclic amines) is 1. The predicted octanol–water partition coefficient (Wildman–Crippen LogP) is 0.0704. The minimum atomic E-state index is 0. The van der Waals surface area contributed by atoms with E-state index < -0.39 is 0 Å². The Morgan fingerprint density at radius 1 is 1.67 bits per heavy atom. The number of hydrogen-bond donors (Lipinski definition) is 1. The number of rotatable bonds is 1. The van der Waals surface area contributed by atoms with Crippen molar-refractivity contribution in [2.45, 2.75) is 18.9 Å². The standard InChI is InChI=1S/C6H13NO.Y/c1-7-4-2-3-6(7)5-8;/h6,8H,2-5H2,1H3;. The van der Waals surface area contributed by atoms with E-state index in [1.165, 1.54) is 12.8 Å². The molecule has 1 fully saturated rings. The second-order valence-corrected chi connectivity index (χ2v) is 2.46. The van der Waals surface area contributed by atoms with Crippen LogP contribution in [0, 0.1) is 0 Å². The van der Waals surface area contributed by atoms with E-state index in [2.05, 4.69) is 11.9 Å². The molecule has 0 aromatic rings. The Morgan fingerprint density at radius 2 is 2.33 bits per heavy atom. The topological polar surface area (TPSA) is 23.5 Å². The fourth-order valence-electron chi connectivity index (χ4n) is 1.21. The van der Waals surface area contributed by atoms with Crippen molar-refractivity contribution in [1.29, 1.82) is 0 Å². The molecular formula is C6H13NOY. The first-order chi connectivity index (χ1) is 3.84. The molecule has 1 aliphatic heterocycles. The zero-order valence-electron chi connectivity index (χ0n) is 5.88. The van der Waals surface area contributed by atoms with Crippen LogP contribution in [0.2, 0.25) is 0 Å². The van der Waals surface area contributed by atoms with Crippen molar-refractivity contribution in [2.75, 3.05) is 20.2 Å². The normalized spacial score (nSPS) is 28.0. The van der Waals surface area contributed by atoms with Gasteiger partial charge < -0.3 is 10.0 Å². The van der Waals surface area contributed by atoms with Gasteiger partial charge in [0, 0.05) is 38.8 Å². The Kier molecular flexibility index (Phi) is 5.32. The summed E-state index contributed by atoms with van der Waals surface area (Å²) in [6, 6.07) is 0.454. The van der Waals surface area contributed by atoms with Gasteiger partial charge in [0.1, 0.15) is 0 Å². The average molecular weight is 204 g/mol. The minimum Gasteiger partial charge on any atom is -0.395 e. The van der Waals surface area contributed by atoms with E-state index in [1.54, 1.807) is 0 Å². The van der Waals surface area contributed by atoms with E-state index in [1.807, 2.05) is 0 Å². The van der Waals surface area contributed by atoms with E-state index in [0.29, 0.717) is 12.6 Å². The third-order valence-electron chi connectivity index (χ3n) is 1.88. The van der Waals surface area contributed by atoms with Crippen molar-refractivity contribution in [3.05, 3.63) is 0 Å². The van der Waals surface area contributed by atoms with Crippen molar-refractivity contribution in [2.24, 2.45) is 0 Å². The van der Waals surface area contributed by atoms with Crippen molar-refractivity contribution >= 4 is 0 Å².